The van der Waals surface area contributed by atoms with E-state index in [-0.39, 0.29) is 23.6 Å². The molecule has 138 valence electrons. The van der Waals surface area contributed by atoms with E-state index in [2.05, 4.69) is 13.0 Å². The van der Waals surface area contributed by atoms with Crippen LogP contribution in [0.25, 0.3) is 16.5 Å². The van der Waals surface area contributed by atoms with Crippen LogP contribution in [-0.4, -0.2) is 31.7 Å². The molecular weight excluding hydrogens is 344 g/mol. The standard InChI is InChI=1S/C22H20O5/c1-22-7-6-16(23)14-10-27-21(19(14)22)20(24)13-8-11-12(9-15(13)22)18(26-3)5-4-17(11)25-2/h4-5,8-9,24H,6-7,10H2,1-3H3/t22-/m0/s1. The Kier molecular flexibility index (Phi) is 3.18. The summed E-state index contributed by atoms with van der Waals surface area (Å²) in [6.45, 7) is 2.37. The van der Waals surface area contributed by atoms with Crippen molar-refractivity contribution in [2.24, 2.45) is 0 Å². The third kappa shape index (κ3) is 1.91. The third-order valence-corrected chi connectivity index (χ3v) is 6.21. The summed E-state index contributed by atoms with van der Waals surface area (Å²) in [6, 6.07) is 7.75. The minimum Gasteiger partial charge on any atom is -0.504 e. The average molecular weight is 364 g/mol. The first-order valence-corrected chi connectivity index (χ1v) is 9.02. The molecule has 0 bridgehead atoms. The summed E-state index contributed by atoms with van der Waals surface area (Å²) < 4.78 is 16.9. The van der Waals surface area contributed by atoms with Crippen LogP contribution in [0.5, 0.6) is 11.5 Å². The summed E-state index contributed by atoms with van der Waals surface area (Å²) in [4.78, 5) is 12.4. The van der Waals surface area contributed by atoms with Crippen LogP contribution in [0.3, 0.4) is 0 Å². The average Bonchev–Trinajstić information content (AvgIpc) is 3.15. The van der Waals surface area contributed by atoms with Crippen LogP contribution in [0.1, 0.15) is 30.9 Å². The predicted octanol–water partition coefficient (Wildman–Crippen LogP) is 4.04. The van der Waals surface area contributed by atoms with Crippen molar-refractivity contribution >= 4 is 22.3 Å². The number of aliphatic hydroxyl groups excluding tert-OH is 1. The summed E-state index contributed by atoms with van der Waals surface area (Å²) in [5, 5.41) is 12.8. The first-order chi connectivity index (χ1) is 13.0. The molecule has 0 aromatic heterocycles. The number of hydrogen-bond donors (Lipinski definition) is 1. The molecule has 3 aliphatic rings. The van der Waals surface area contributed by atoms with Crippen LogP contribution in [0.15, 0.2) is 41.2 Å². The van der Waals surface area contributed by atoms with E-state index >= 15 is 0 Å². The van der Waals surface area contributed by atoms with Gasteiger partial charge < -0.3 is 19.3 Å². The highest BCUT2D eigenvalue weighted by atomic mass is 16.5. The molecule has 5 rings (SSSR count). The zero-order valence-corrected chi connectivity index (χ0v) is 15.5. The number of allylic oxidation sites excluding steroid dienone is 1. The molecule has 1 aliphatic heterocycles. The Labute approximate surface area is 156 Å². The number of hydrogen-bond acceptors (Lipinski definition) is 5. The van der Waals surface area contributed by atoms with Crippen LogP contribution in [0.2, 0.25) is 0 Å². The Bertz CT molecular complexity index is 1090. The molecule has 1 heterocycles. The van der Waals surface area contributed by atoms with Gasteiger partial charge in [0.15, 0.2) is 17.3 Å². The van der Waals surface area contributed by atoms with Crippen molar-refractivity contribution < 1.29 is 24.1 Å². The number of benzene rings is 2. The van der Waals surface area contributed by atoms with Gasteiger partial charge in [-0.25, -0.2) is 0 Å². The number of carbonyl (C=O) groups excluding carboxylic acids is 1. The van der Waals surface area contributed by atoms with Gasteiger partial charge in [-0.3, -0.25) is 4.79 Å². The lowest BCUT2D eigenvalue weighted by atomic mass is 9.62. The second-order valence-electron chi connectivity index (χ2n) is 7.49. The third-order valence-electron chi connectivity index (χ3n) is 6.21. The predicted molar refractivity (Wildman–Crippen MR) is 101 cm³/mol. The maximum absolute atomic E-state index is 12.4. The van der Waals surface area contributed by atoms with Gasteiger partial charge in [0.05, 0.1) is 14.2 Å². The van der Waals surface area contributed by atoms with Crippen molar-refractivity contribution in [1.82, 2.24) is 0 Å². The maximum atomic E-state index is 12.4. The van der Waals surface area contributed by atoms with E-state index in [0.717, 1.165) is 33.2 Å². The van der Waals surface area contributed by atoms with Gasteiger partial charge >= 0.3 is 0 Å². The molecule has 5 nitrogen and oxygen atoms in total. The topological polar surface area (TPSA) is 65.0 Å². The molecular formula is C22H20O5. The van der Waals surface area contributed by atoms with Gasteiger partial charge in [0.25, 0.3) is 0 Å². The molecule has 0 radical (unpaired) electrons. The van der Waals surface area contributed by atoms with Crippen molar-refractivity contribution in [1.29, 1.82) is 0 Å². The second-order valence-corrected chi connectivity index (χ2v) is 7.49. The van der Waals surface area contributed by atoms with Gasteiger partial charge in [0.1, 0.15) is 18.1 Å². The summed E-state index contributed by atoms with van der Waals surface area (Å²) >= 11 is 0. The molecule has 1 atom stereocenters. The lowest BCUT2D eigenvalue weighted by Gasteiger charge is -2.39. The molecule has 0 saturated carbocycles. The Morgan fingerprint density at radius 3 is 2.44 bits per heavy atom. The van der Waals surface area contributed by atoms with Crippen LogP contribution in [0.4, 0.5) is 0 Å². The molecule has 5 heteroatoms. The summed E-state index contributed by atoms with van der Waals surface area (Å²) in [7, 11) is 3.27. The number of ketones is 1. The monoisotopic (exact) mass is 364 g/mol. The maximum Gasteiger partial charge on any atom is 0.166 e. The summed E-state index contributed by atoms with van der Waals surface area (Å²) in [5.74, 6) is 2.12. The van der Waals surface area contributed by atoms with Crippen molar-refractivity contribution in [3.63, 3.8) is 0 Å². The van der Waals surface area contributed by atoms with Gasteiger partial charge in [0, 0.05) is 39.3 Å². The van der Waals surface area contributed by atoms with Gasteiger partial charge in [-0.2, -0.15) is 0 Å². The van der Waals surface area contributed by atoms with Crippen LogP contribution >= 0.6 is 0 Å². The highest BCUT2D eigenvalue weighted by Crippen LogP contribution is 2.55. The van der Waals surface area contributed by atoms with Gasteiger partial charge in [-0.1, -0.05) is 6.92 Å². The largest absolute Gasteiger partial charge is 0.504 e. The highest BCUT2D eigenvalue weighted by molar-refractivity contribution is 6.03. The number of carbonyl (C=O) groups is 1. The molecule has 0 spiro atoms. The van der Waals surface area contributed by atoms with Crippen LogP contribution in [0, 0.1) is 0 Å². The Balaban J connectivity index is 1.91. The minimum atomic E-state index is -0.376. The van der Waals surface area contributed by atoms with Crippen molar-refractivity contribution in [2.45, 2.75) is 25.2 Å². The molecule has 0 amide bonds. The van der Waals surface area contributed by atoms with E-state index in [1.807, 2.05) is 18.2 Å². The molecule has 2 aliphatic carbocycles. The van der Waals surface area contributed by atoms with E-state index in [1.54, 1.807) is 14.2 Å². The van der Waals surface area contributed by atoms with E-state index < -0.39 is 0 Å². The molecule has 0 fully saturated rings. The number of methoxy groups -OCH3 is 2. The van der Waals surface area contributed by atoms with Gasteiger partial charge in [0.2, 0.25) is 0 Å². The first kappa shape index (κ1) is 16.2. The van der Waals surface area contributed by atoms with E-state index in [4.69, 9.17) is 14.2 Å². The zero-order valence-electron chi connectivity index (χ0n) is 15.5. The summed E-state index contributed by atoms with van der Waals surface area (Å²) in [5.41, 5.74) is 2.90. The summed E-state index contributed by atoms with van der Waals surface area (Å²) in [6.07, 6.45) is 1.18. The number of rotatable bonds is 2. The first-order valence-electron chi connectivity index (χ1n) is 9.02. The molecule has 0 saturated heterocycles. The van der Waals surface area contributed by atoms with E-state index in [9.17, 15) is 9.90 Å². The molecule has 0 unspecified atom stereocenters. The number of fused-ring (bicyclic) bond motifs is 3. The minimum absolute atomic E-state index is 0.0916. The quantitative estimate of drug-likeness (QED) is 0.871. The van der Waals surface area contributed by atoms with Crippen molar-refractivity contribution in [2.75, 3.05) is 20.8 Å². The lowest BCUT2D eigenvalue weighted by molar-refractivity contribution is -0.116. The van der Waals surface area contributed by atoms with Crippen molar-refractivity contribution in [3.8, 4) is 11.5 Å². The fourth-order valence-corrected chi connectivity index (χ4v) is 4.79. The van der Waals surface area contributed by atoms with Crippen LogP contribution in [-0.2, 0) is 14.9 Å². The molecule has 27 heavy (non-hydrogen) atoms. The van der Waals surface area contributed by atoms with Crippen molar-refractivity contribution in [3.05, 3.63) is 52.3 Å². The van der Waals surface area contributed by atoms with Crippen LogP contribution < -0.4 is 9.47 Å². The van der Waals surface area contributed by atoms with E-state index in [0.29, 0.717) is 29.9 Å². The zero-order chi connectivity index (χ0) is 18.9. The lowest BCUT2D eigenvalue weighted by Crippen LogP contribution is -2.35. The smallest absolute Gasteiger partial charge is 0.166 e. The molecule has 1 N–H and O–H groups in total. The molecule has 2 aromatic rings. The van der Waals surface area contributed by atoms with Gasteiger partial charge in [-0.15, -0.1) is 0 Å². The molecule has 2 aromatic carbocycles. The number of aliphatic hydroxyl groups is 1. The number of Topliss-reactive ketones (excluding diaryl/α,β-unsaturated/α-hetero) is 1. The Morgan fingerprint density at radius 1 is 1.11 bits per heavy atom. The highest BCUT2D eigenvalue weighted by Gasteiger charge is 2.49. The Morgan fingerprint density at radius 2 is 1.78 bits per heavy atom. The van der Waals surface area contributed by atoms with Gasteiger partial charge in [-0.05, 0) is 36.2 Å². The second kappa shape index (κ2) is 5.28. The fourth-order valence-electron chi connectivity index (χ4n) is 4.79. The van der Waals surface area contributed by atoms with E-state index in [1.165, 1.54) is 0 Å². The fraction of sp³-hybridized carbons (Fsp3) is 0.318. The SMILES string of the molecule is COc1ccc(OC)c2cc3c(cc12)C(O)=C1OCC2=C1[C@@]3(C)CCC2=O. The normalized spacial score (nSPS) is 23.3. The Hall–Kier alpha value is -2.95. The number of ether oxygens (including phenoxy) is 3.